The number of benzene rings is 1. The Morgan fingerprint density at radius 2 is 2.29 bits per heavy atom. The number of piperidine rings is 1. The molecule has 1 unspecified atom stereocenters. The molecular formula is C17H22FN5O. The maximum absolute atomic E-state index is 13.5. The molecule has 1 saturated heterocycles. The van der Waals surface area contributed by atoms with Crippen molar-refractivity contribution in [2.45, 2.75) is 38.6 Å². The molecule has 7 heteroatoms. The normalized spacial score (nSPS) is 17.9. The lowest BCUT2D eigenvalue weighted by Crippen LogP contribution is -2.45. The minimum absolute atomic E-state index is 0.0543. The number of carbonyl (C=O) groups excluding carboxylic acids is 1. The molecule has 0 saturated carbocycles. The van der Waals surface area contributed by atoms with E-state index >= 15 is 0 Å². The second-order valence-corrected chi connectivity index (χ2v) is 6.36. The average Bonchev–Trinajstić information content (AvgIpc) is 3.01. The fraction of sp³-hybridized carbons (Fsp3) is 0.471. The van der Waals surface area contributed by atoms with E-state index in [0.29, 0.717) is 11.5 Å². The van der Waals surface area contributed by atoms with Gasteiger partial charge in [0.05, 0.1) is 5.69 Å². The van der Waals surface area contributed by atoms with Crippen LogP contribution in [-0.2, 0) is 0 Å². The Bertz CT molecular complexity index is 722. The maximum Gasteiger partial charge on any atom is 0.291 e. The molecule has 1 amide bonds. The second-order valence-electron chi connectivity index (χ2n) is 6.36. The molecular weight excluding hydrogens is 309 g/mol. The van der Waals surface area contributed by atoms with Crippen molar-refractivity contribution in [2.75, 3.05) is 13.1 Å². The van der Waals surface area contributed by atoms with Gasteiger partial charge in [0.25, 0.3) is 5.91 Å². The van der Waals surface area contributed by atoms with Gasteiger partial charge in [0, 0.05) is 18.5 Å². The van der Waals surface area contributed by atoms with E-state index in [-0.39, 0.29) is 29.5 Å². The molecule has 128 valence electrons. The van der Waals surface area contributed by atoms with Crippen LogP contribution in [0.25, 0.3) is 5.69 Å². The molecule has 0 aliphatic carbocycles. The minimum Gasteiger partial charge on any atom is -0.345 e. The van der Waals surface area contributed by atoms with E-state index in [2.05, 4.69) is 20.7 Å². The third-order valence-corrected chi connectivity index (χ3v) is 4.04. The Labute approximate surface area is 140 Å². The number of aromatic nitrogens is 3. The van der Waals surface area contributed by atoms with Gasteiger partial charge in [0.2, 0.25) is 5.82 Å². The first-order valence-electron chi connectivity index (χ1n) is 8.29. The van der Waals surface area contributed by atoms with E-state index < -0.39 is 0 Å². The van der Waals surface area contributed by atoms with Gasteiger partial charge in [-0.15, -0.1) is 5.10 Å². The zero-order valence-electron chi connectivity index (χ0n) is 13.9. The number of hydrogen-bond acceptors (Lipinski definition) is 4. The van der Waals surface area contributed by atoms with Gasteiger partial charge in [0.15, 0.2) is 0 Å². The summed E-state index contributed by atoms with van der Waals surface area (Å²) in [7, 11) is 0. The van der Waals surface area contributed by atoms with Crippen molar-refractivity contribution in [1.82, 2.24) is 25.4 Å². The van der Waals surface area contributed by atoms with Gasteiger partial charge < -0.3 is 10.6 Å². The van der Waals surface area contributed by atoms with Crippen molar-refractivity contribution in [1.29, 1.82) is 0 Å². The standard InChI is InChI=1S/C17H22FN5O/c1-11(2)16-21-15(17(24)20-13-6-4-8-19-10-13)22-23(16)14-7-3-5-12(18)9-14/h3,5,7,9,11,13,19H,4,6,8,10H2,1-2H3,(H,20,24). The van der Waals surface area contributed by atoms with Gasteiger partial charge in [-0.25, -0.2) is 14.1 Å². The SMILES string of the molecule is CC(C)c1nc(C(=O)NC2CCCNC2)nn1-c1cccc(F)c1. The molecule has 1 aliphatic rings. The van der Waals surface area contributed by atoms with Crippen molar-refractivity contribution in [2.24, 2.45) is 0 Å². The zero-order valence-corrected chi connectivity index (χ0v) is 13.9. The summed E-state index contributed by atoms with van der Waals surface area (Å²) in [5, 5.41) is 10.5. The molecule has 1 aromatic heterocycles. The highest BCUT2D eigenvalue weighted by Crippen LogP contribution is 2.18. The third kappa shape index (κ3) is 3.62. The van der Waals surface area contributed by atoms with Gasteiger partial charge in [0.1, 0.15) is 11.6 Å². The van der Waals surface area contributed by atoms with Gasteiger partial charge in [-0.3, -0.25) is 4.79 Å². The quantitative estimate of drug-likeness (QED) is 0.899. The van der Waals surface area contributed by atoms with E-state index in [1.807, 2.05) is 13.8 Å². The van der Waals surface area contributed by atoms with Gasteiger partial charge in [-0.2, -0.15) is 0 Å². The summed E-state index contributed by atoms with van der Waals surface area (Å²) in [5.41, 5.74) is 0.560. The summed E-state index contributed by atoms with van der Waals surface area (Å²) in [6.45, 7) is 5.67. The largest absolute Gasteiger partial charge is 0.345 e. The van der Waals surface area contributed by atoms with Gasteiger partial charge in [-0.1, -0.05) is 19.9 Å². The minimum atomic E-state index is -0.350. The van der Waals surface area contributed by atoms with Crippen molar-refractivity contribution < 1.29 is 9.18 Å². The Hall–Kier alpha value is -2.28. The number of hydrogen-bond donors (Lipinski definition) is 2. The van der Waals surface area contributed by atoms with Crippen LogP contribution in [0.5, 0.6) is 0 Å². The summed E-state index contributed by atoms with van der Waals surface area (Å²) in [5.74, 6) is 0.164. The molecule has 1 fully saturated rings. The molecule has 0 spiro atoms. The van der Waals surface area contributed by atoms with E-state index in [9.17, 15) is 9.18 Å². The van der Waals surface area contributed by atoms with Crippen LogP contribution >= 0.6 is 0 Å². The summed E-state index contributed by atoms with van der Waals surface area (Å²) in [6, 6.07) is 6.21. The molecule has 0 bridgehead atoms. The van der Waals surface area contributed by atoms with Crippen LogP contribution in [0.15, 0.2) is 24.3 Å². The van der Waals surface area contributed by atoms with Crippen molar-refractivity contribution in [3.05, 3.63) is 41.7 Å². The average molecular weight is 331 g/mol. The maximum atomic E-state index is 13.5. The highest BCUT2D eigenvalue weighted by atomic mass is 19.1. The zero-order chi connectivity index (χ0) is 17.1. The van der Waals surface area contributed by atoms with Crippen LogP contribution < -0.4 is 10.6 Å². The van der Waals surface area contributed by atoms with E-state index in [4.69, 9.17) is 0 Å². The number of carbonyl (C=O) groups is 1. The number of nitrogens with zero attached hydrogens (tertiary/aromatic N) is 3. The van der Waals surface area contributed by atoms with Crippen LogP contribution in [0.1, 0.15) is 49.1 Å². The molecule has 2 N–H and O–H groups in total. The first-order valence-corrected chi connectivity index (χ1v) is 8.29. The molecule has 2 heterocycles. The molecule has 1 aliphatic heterocycles. The Morgan fingerprint density at radius 3 is 2.96 bits per heavy atom. The lowest BCUT2D eigenvalue weighted by molar-refractivity contribution is 0.0920. The van der Waals surface area contributed by atoms with Gasteiger partial charge in [-0.05, 0) is 37.6 Å². The summed E-state index contributed by atoms with van der Waals surface area (Å²) in [4.78, 5) is 16.8. The first-order chi connectivity index (χ1) is 11.5. The van der Waals surface area contributed by atoms with Crippen molar-refractivity contribution >= 4 is 5.91 Å². The van der Waals surface area contributed by atoms with E-state index in [0.717, 1.165) is 25.9 Å². The van der Waals surface area contributed by atoms with Gasteiger partial charge >= 0.3 is 0 Å². The smallest absolute Gasteiger partial charge is 0.291 e. The Kier molecular flexibility index (Phi) is 4.89. The Morgan fingerprint density at radius 1 is 1.46 bits per heavy atom. The van der Waals surface area contributed by atoms with Crippen molar-refractivity contribution in [3.63, 3.8) is 0 Å². The first kappa shape index (κ1) is 16.6. The highest BCUT2D eigenvalue weighted by Gasteiger charge is 2.22. The van der Waals surface area contributed by atoms with Crippen LogP contribution in [0.2, 0.25) is 0 Å². The van der Waals surface area contributed by atoms with E-state index in [1.165, 1.54) is 12.1 Å². The predicted molar refractivity (Wildman–Crippen MR) is 88.8 cm³/mol. The summed E-state index contributed by atoms with van der Waals surface area (Å²) < 4.78 is 15.1. The van der Waals surface area contributed by atoms with Crippen LogP contribution in [0.4, 0.5) is 4.39 Å². The predicted octanol–water partition coefficient (Wildman–Crippen LogP) is 2.01. The topological polar surface area (TPSA) is 71.8 Å². The summed E-state index contributed by atoms with van der Waals surface area (Å²) in [6.07, 6.45) is 1.98. The molecule has 0 radical (unpaired) electrons. The monoisotopic (exact) mass is 331 g/mol. The third-order valence-electron chi connectivity index (χ3n) is 4.04. The molecule has 2 aromatic rings. The molecule has 3 rings (SSSR count). The number of halogens is 1. The van der Waals surface area contributed by atoms with Crippen LogP contribution in [-0.4, -0.2) is 39.8 Å². The lowest BCUT2D eigenvalue weighted by Gasteiger charge is -2.23. The Balaban J connectivity index is 1.86. The van der Waals surface area contributed by atoms with Crippen LogP contribution in [0.3, 0.4) is 0 Å². The molecule has 1 atom stereocenters. The second kappa shape index (κ2) is 7.09. The molecule has 24 heavy (non-hydrogen) atoms. The molecule has 1 aromatic carbocycles. The summed E-state index contributed by atoms with van der Waals surface area (Å²) >= 11 is 0. The fourth-order valence-electron chi connectivity index (χ4n) is 2.82. The molecule has 6 nitrogen and oxygen atoms in total. The number of rotatable bonds is 4. The number of nitrogens with one attached hydrogen (secondary N) is 2. The lowest BCUT2D eigenvalue weighted by atomic mass is 10.1. The van der Waals surface area contributed by atoms with E-state index in [1.54, 1.807) is 16.8 Å². The van der Waals surface area contributed by atoms with Crippen LogP contribution in [0, 0.1) is 5.82 Å². The number of amides is 1. The fourth-order valence-corrected chi connectivity index (χ4v) is 2.82. The van der Waals surface area contributed by atoms with Crippen molar-refractivity contribution in [3.8, 4) is 5.69 Å². The highest BCUT2D eigenvalue weighted by molar-refractivity contribution is 5.90.